The lowest BCUT2D eigenvalue weighted by atomic mass is 10.2. The van der Waals surface area contributed by atoms with Crippen LogP contribution in [0.1, 0.15) is 17.5 Å². The van der Waals surface area contributed by atoms with Gasteiger partial charge in [0.1, 0.15) is 0 Å². The van der Waals surface area contributed by atoms with Gasteiger partial charge in [0.25, 0.3) is 0 Å². The van der Waals surface area contributed by atoms with E-state index in [2.05, 4.69) is 37.2 Å². The molecule has 2 aromatic carbocycles. The molecule has 140 valence electrons. The summed E-state index contributed by atoms with van der Waals surface area (Å²) in [6, 6.07) is 20.0. The molecule has 0 heterocycles. The third kappa shape index (κ3) is 5.82. The Morgan fingerprint density at radius 3 is 1.33 bits per heavy atom. The van der Waals surface area contributed by atoms with E-state index in [1.54, 1.807) is 0 Å². The maximum atomic E-state index is 4.13. The molecule has 27 heavy (non-hydrogen) atoms. The minimum Gasteiger partial charge on any atom is -0.303 e. The first-order chi connectivity index (χ1) is 12.9. The first-order valence-electron chi connectivity index (χ1n) is 8.73. The molecular formula is C23H28N4. The van der Waals surface area contributed by atoms with E-state index >= 15 is 0 Å². The number of nitrogens with zero attached hydrogens (tertiary/aromatic N) is 2. The van der Waals surface area contributed by atoms with Gasteiger partial charge in [0.05, 0.1) is 11.4 Å². The Hall–Kier alpha value is -3.40. The normalized spacial score (nSPS) is 9.85. The van der Waals surface area contributed by atoms with Crippen LogP contribution in [0.25, 0.3) is 11.4 Å². The van der Waals surface area contributed by atoms with E-state index in [0.29, 0.717) is 6.42 Å². The van der Waals surface area contributed by atoms with E-state index in [1.165, 1.54) is 0 Å². The van der Waals surface area contributed by atoms with Crippen LogP contribution in [0.4, 0.5) is 0 Å². The molecule has 2 N–H and O–H groups in total. The van der Waals surface area contributed by atoms with Crippen LogP contribution in [0.3, 0.4) is 0 Å². The smallest absolute Gasteiger partial charge is 0.0569 e. The summed E-state index contributed by atoms with van der Waals surface area (Å²) in [5, 5.41) is 3.72. The van der Waals surface area contributed by atoms with Crippen LogP contribution in [-0.4, -0.2) is 24.1 Å². The zero-order chi connectivity index (χ0) is 19.8. The van der Waals surface area contributed by atoms with E-state index in [4.69, 9.17) is 0 Å². The summed E-state index contributed by atoms with van der Waals surface area (Å²) in [5.41, 5.74) is 11.9. The molecule has 4 nitrogen and oxygen atoms in total. The van der Waals surface area contributed by atoms with Crippen molar-refractivity contribution in [2.24, 2.45) is 0 Å². The zero-order valence-electron chi connectivity index (χ0n) is 16.2. The van der Waals surface area contributed by atoms with Crippen molar-refractivity contribution in [2.75, 3.05) is 14.1 Å². The van der Waals surface area contributed by atoms with E-state index in [0.717, 1.165) is 33.9 Å². The van der Waals surface area contributed by atoms with Gasteiger partial charge in [-0.15, -0.1) is 0 Å². The summed E-state index contributed by atoms with van der Waals surface area (Å²) in [6.07, 6.45) is 0.568. The van der Waals surface area contributed by atoms with E-state index in [-0.39, 0.29) is 0 Å². The van der Waals surface area contributed by atoms with E-state index in [9.17, 15) is 0 Å². The van der Waals surface area contributed by atoms with Crippen molar-refractivity contribution >= 4 is 11.4 Å². The number of hydrazine groups is 2. The minimum atomic E-state index is 0.568. The van der Waals surface area contributed by atoms with Crippen LogP contribution in [0.2, 0.25) is 0 Å². The molecule has 0 aliphatic carbocycles. The first-order valence-corrected chi connectivity index (χ1v) is 8.73. The standard InChI is InChI=1S/C23H28N4/c1-18(24-26(5)20(3)22-13-9-7-10-14-22)17-19(2)25-27(6)21(4)23-15-11-8-12-16-23/h7-16,24-25H,1-4,17H2,5-6H3. The Kier molecular flexibility index (Phi) is 6.89. The summed E-state index contributed by atoms with van der Waals surface area (Å²) in [6.45, 7) is 16.4. The van der Waals surface area contributed by atoms with Crippen LogP contribution >= 0.6 is 0 Å². The molecule has 0 saturated carbocycles. The fourth-order valence-corrected chi connectivity index (χ4v) is 2.59. The van der Waals surface area contributed by atoms with Crippen molar-refractivity contribution in [1.29, 1.82) is 0 Å². The maximum absolute atomic E-state index is 4.13. The lowest BCUT2D eigenvalue weighted by Gasteiger charge is -2.28. The Morgan fingerprint density at radius 1 is 0.667 bits per heavy atom. The molecule has 2 rings (SSSR count). The molecule has 0 aliphatic heterocycles. The molecule has 0 spiro atoms. The zero-order valence-corrected chi connectivity index (χ0v) is 16.2. The lowest BCUT2D eigenvalue weighted by Crippen LogP contribution is -2.35. The number of hydrogen-bond acceptors (Lipinski definition) is 4. The van der Waals surface area contributed by atoms with Gasteiger partial charge in [-0.25, -0.2) is 0 Å². The Labute approximate surface area is 162 Å². The van der Waals surface area contributed by atoms with Gasteiger partial charge in [-0.1, -0.05) is 87.0 Å². The molecule has 0 fully saturated rings. The number of rotatable bonds is 10. The summed E-state index contributed by atoms with van der Waals surface area (Å²) >= 11 is 0. The van der Waals surface area contributed by atoms with Crippen molar-refractivity contribution in [3.8, 4) is 0 Å². The maximum Gasteiger partial charge on any atom is 0.0569 e. The highest BCUT2D eigenvalue weighted by Crippen LogP contribution is 2.16. The third-order valence-electron chi connectivity index (χ3n) is 4.10. The molecule has 0 aliphatic rings. The molecule has 0 aromatic heterocycles. The van der Waals surface area contributed by atoms with Gasteiger partial charge in [-0.2, -0.15) is 0 Å². The summed E-state index contributed by atoms with van der Waals surface area (Å²) < 4.78 is 0. The molecule has 0 atom stereocenters. The monoisotopic (exact) mass is 360 g/mol. The number of benzene rings is 2. The second-order valence-corrected chi connectivity index (χ2v) is 6.35. The van der Waals surface area contributed by atoms with Crippen LogP contribution < -0.4 is 10.9 Å². The second kappa shape index (κ2) is 9.34. The fourth-order valence-electron chi connectivity index (χ4n) is 2.59. The molecular weight excluding hydrogens is 332 g/mol. The molecule has 0 amide bonds. The van der Waals surface area contributed by atoms with Gasteiger partial charge in [0.2, 0.25) is 0 Å². The largest absolute Gasteiger partial charge is 0.303 e. The number of hydrogen-bond donors (Lipinski definition) is 2. The molecule has 0 saturated heterocycles. The molecule has 0 radical (unpaired) electrons. The Balaban J connectivity index is 1.83. The molecule has 2 aromatic rings. The molecule has 0 unspecified atom stereocenters. The number of nitrogens with one attached hydrogen (secondary N) is 2. The quantitative estimate of drug-likeness (QED) is 0.605. The first kappa shape index (κ1) is 19.9. The summed E-state index contributed by atoms with van der Waals surface area (Å²) in [7, 11) is 3.83. The third-order valence-corrected chi connectivity index (χ3v) is 4.10. The van der Waals surface area contributed by atoms with Crippen LogP contribution in [0, 0.1) is 0 Å². The van der Waals surface area contributed by atoms with Gasteiger partial charge in [-0.05, 0) is 11.1 Å². The lowest BCUT2D eigenvalue weighted by molar-refractivity contribution is 0.368. The average molecular weight is 361 g/mol. The van der Waals surface area contributed by atoms with Gasteiger partial charge < -0.3 is 10.9 Å². The van der Waals surface area contributed by atoms with Crippen molar-refractivity contribution < 1.29 is 0 Å². The predicted octanol–water partition coefficient (Wildman–Crippen LogP) is 4.62. The SMILES string of the molecule is C=C(CC(=C)NN(C)C(=C)c1ccccc1)NN(C)C(=C)c1ccccc1. The van der Waals surface area contributed by atoms with E-state index in [1.807, 2.05) is 84.8 Å². The van der Waals surface area contributed by atoms with Gasteiger partial charge in [0, 0.05) is 31.9 Å². The van der Waals surface area contributed by atoms with Crippen molar-refractivity contribution in [3.63, 3.8) is 0 Å². The van der Waals surface area contributed by atoms with E-state index < -0.39 is 0 Å². The van der Waals surface area contributed by atoms with Crippen molar-refractivity contribution in [3.05, 3.63) is 110 Å². The molecule has 4 heteroatoms. The van der Waals surface area contributed by atoms with Gasteiger partial charge in [-0.3, -0.25) is 10.0 Å². The van der Waals surface area contributed by atoms with Crippen LogP contribution in [0.5, 0.6) is 0 Å². The van der Waals surface area contributed by atoms with Crippen LogP contribution in [-0.2, 0) is 0 Å². The van der Waals surface area contributed by atoms with Gasteiger partial charge >= 0.3 is 0 Å². The van der Waals surface area contributed by atoms with Crippen LogP contribution in [0.15, 0.2) is 98.4 Å². The Morgan fingerprint density at radius 2 is 1.00 bits per heavy atom. The highest BCUT2D eigenvalue weighted by molar-refractivity contribution is 5.61. The highest BCUT2D eigenvalue weighted by atomic mass is 15.5. The van der Waals surface area contributed by atoms with Gasteiger partial charge in [0.15, 0.2) is 0 Å². The fraction of sp³-hybridized carbons (Fsp3) is 0.130. The highest BCUT2D eigenvalue weighted by Gasteiger charge is 2.09. The minimum absolute atomic E-state index is 0.568. The van der Waals surface area contributed by atoms with Crippen molar-refractivity contribution in [2.45, 2.75) is 6.42 Å². The second-order valence-electron chi connectivity index (χ2n) is 6.35. The van der Waals surface area contributed by atoms with Crippen molar-refractivity contribution in [1.82, 2.24) is 20.9 Å². The average Bonchev–Trinajstić information content (AvgIpc) is 2.67. The predicted molar refractivity (Wildman–Crippen MR) is 116 cm³/mol. The topological polar surface area (TPSA) is 30.5 Å². The Bertz CT molecular complexity index is 739. The summed E-state index contributed by atoms with van der Waals surface area (Å²) in [4.78, 5) is 0. The summed E-state index contributed by atoms with van der Waals surface area (Å²) in [5.74, 6) is 0. The molecule has 0 bridgehead atoms.